The molecule has 0 aliphatic rings. The lowest BCUT2D eigenvalue weighted by Crippen LogP contribution is -1.91. The summed E-state index contributed by atoms with van der Waals surface area (Å²) in [5.41, 5.74) is 6.59. The van der Waals surface area contributed by atoms with Gasteiger partial charge < -0.3 is 10.5 Å². The molecule has 0 unspecified atom stereocenters. The second kappa shape index (κ2) is 10.2. The Morgan fingerprint density at radius 2 is 1.86 bits per heavy atom. The average Bonchev–Trinajstić information content (AvgIpc) is 2.17. The molecule has 0 rings (SSSR count). The van der Waals surface area contributed by atoms with Crippen LogP contribution in [0.15, 0.2) is 36.5 Å². The topological polar surface area (TPSA) is 35.2 Å². The Hall–Kier alpha value is -0.860. The van der Waals surface area contributed by atoms with Crippen molar-refractivity contribution in [3.05, 3.63) is 36.5 Å². The molecule has 0 aromatic carbocycles. The molecule has 0 saturated heterocycles. The predicted molar refractivity (Wildman–Crippen MR) is 66.4 cm³/mol. The maximum atomic E-state index is 4.92. The predicted octanol–water partition coefficient (Wildman–Crippen LogP) is 2.78. The highest BCUT2D eigenvalue weighted by Gasteiger charge is 1.94. The Morgan fingerprint density at radius 1 is 1.36 bits per heavy atom. The van der Waals surface area contributed by atoms with Gasteiger partial charge in [0.05, 0.1) is 6.61 Å². The van der Waals surface area contributed by atoms with Crippen molar-refractivity contribution >= 4 is 0 Å². The normalized spacial score (nSPS) is 9.86. The molecule has 2 nitrogen and oxygen atoms in total. The highest BCUT2D eigenvalue weighted by atomic mass is 16.5. The molecule has 0 aliphatic heterocycles. The first kappa shape index (κ1) is 15.6. The maximum absolute atomic E-state index is 4.92. The van der Waals surface area contributed by atoms with E-state index in [0.717, 1.165) is 11.1 Å². The van der Waals surface area contributed by atoms with Gasteiger partial charge in [-0.2, -0.15) is 0 Å². The van der Waals surface area contributed by atoms with Crippen LogP contribution in [0.3, 0.4) is 0 Å². The molecule has 0 fully saturated rings. The van der Waals surface area contributed by atoms with Crippen LogP contribution in [-0.4, -0.2) is 20.8 Å². The Bertz CT molecular complexity index is 198. The zero-order chi connectivity index (χ0) is 11.6. The maximum Gasteiger partial charge on any atom is 0.0707 e. The van der Waals surface area contributed by atoms with Crippen molar-refractivity contribution in [2.45, 2.75) is 13.8 Å². The number of hydrogen-bond acceptors (Lipinski definition) is 2. The van der Waals surface area contributed by atoms with E-state index in [-0.39, 0.29) is 1.43 Å². The molecule has 0 aromatic rings. The van der Waals surface area contributed by atoms with Crippen LogP contribution in [0, 0.1) is 5.92 Å². The minimum atomic E-state index is 0. The molecular formula is C12H25NO. The lowest BCUT2D eigenvalue weighted by Gasteiger charge is -2.03. The number of allylic oxidation sites excluding steroid dienone is 2. The van der Waals surface area contributed by atoms with Crippen LogP contribution < -0.4 is 5.73 Å². The molecular weight excluding hydrogens is 174 g/mol. The van der Waals surface area contributed by atoms with Gasteiger partial charge in [0.15, 0.2) is 0 Å². The fourth-order valence-corrected chi connectivity index (χ4v) is 0.651. The number of ether oxygens (including phenoxy) is 1. The molecule has 0 atom stereocenters. The van der Waals surface area contributed by atoms with E-state index in [4.69, 9.17) is 4.74 Å². The van der Waals surface area contributed by atoms with Gasteiger partial charge in [0, 0.05) is 8.54 Å². The van der Waals surface area contributed by atoms with Crippen molar-refractivity contribution in [1.82, 2.24) is 0 Å². The zero-order valence-corrected chi connectivity index (χ0v) is 9.84. The van der Waals surface area contributed by atoms with E-state index >= 15 is 0 Å². The fourth-order valence-electron chi connectivity index (χ4n) is 0.651. The third-order valence-electron chi connectivity index (χ3n) is 1.60. The van der Waals surface area contributed by atoms with E-state index in [1.165, 1.54) is 7.05 Å². The zero-order valence-electron chi connectivity index (χ0n) is 9.84. The van der Waals surface area contributed by atoms with E-state index in [1.54, 1.807) is 7.11 Å². The van der Waals surface area contributed by atoms with Crippen molar-refractivity contribution < 1.29 is 6.16 Å². The lowest BCUT2D eigenvalue weighted by atomic mass is 10.0. The second-order valence-electron chi connectivity index (χ2n) is 3.15. The summed E-state index contributed by atoms with van der Waals surface area (Å²) in [4.78, 5) is 0. The van der Waals surface area contributed by atoms with Crippen LogP contribution in [0.25, 0.3) is 0 Å². The largest absolute Gasteiger partial charge is 0.380 e. The Labute approximate surface area is 89.6 Å². The van der Waals surface area contributed by atoms with Crippen molar-refractivity contribution in [3.8, 4) is 0 Å². The van der Waals surface area contributed by atoms with Crippen molar-refractivity contribution in [1.29, 1.82) is 0 Å². The number of nitrogens with two attached hydrogens (primary N) is 1. The number of methoxy groups -OCH3 is 1. The lowest BCUT2D eigenvalue weighted by molar-refractivity contribution is 0.228. The van der Waals surface area contributed by atoms with Gasteiger partial charge in [-0.1, -0.05) is 44.7 Å². The summed E-state index contributed by atoms with van der Waals surface area (Å²) < 4.78 is 4.92. The van der Waals surface area contributed by atoms with E-state index in [1.807, 2.05) is 12.2 Å². The first-order chi connectivity index (χ1) is 6.57. The van der Waals surface area contributed by atoms with Gasteiger partial charge in [0.2, 0.25) is 0 Å². The molecule has 0 radical (unpaired) electrons. The van der Waals surface area contributed by atoms with Gasteiger partial charge in [-0.3, -0.25) is 0 Å². The summed E-state index contributed by atoms with van der Waals surface area (Å²) in [7, 11) is 3.16. The number of hydrogen-bond donors (Lipinski definition) is 1. The van der Waals surface area contributed by atoms with Gasteiger partial charge in [0.25, 0.3) is 0 Å². The molecule has 0 saturated carbocycles. The molecule has 2 heteroatoms. The summed E-state index contributed by atoms with van der Waals surface area (Å²) in [5.74, 6) is 0.497. The van der Waals surface area contributed by atoms with Crippen LogP contribution >= 0.6 is 0 Å². The molecule has 2 N–H and O–H groups in total. The van der Waals surface area contributed by atoms with Crippen LogP contribution in [0.1, 0.15) is 15.3 Å². The van der Waals surface area contributed by atoms with Gasteiger partial charge in [-0.05, 0) is 18.5 Å². The summed E-state index contributed by atoms with van der Waals surface area (Å²) in [6.07, 6.45) is 3.94. The minimum Gasteiger partial charge on any atom is -0.380 e. The molecule has 84 valence electrons. The summed E-state index contributed by atoms with van der Waals surface area (Å²) in [5, 5.41) is 0. The molecule has 0 aliphatic carbocycles. The van der Waals surface area contributed by atoms with Crippen LogP contribution in [-0.2, 0) is 4.74 Å². The summed E-state index contributed by atoms with van der Waals surface area (Å²) >= 11 is 0. The van der Waals surface area contributed by atoms with E-state index in [2.05, 4.69) is 32.7 Å². The molecule has 0 bridgehead atoms. The fraction of sp³-hybridized carbons (Fsp3) is 0.500. The van der Waals surface area contributed by atoms with Gasteiger partial charge in [-0.25, -0.2) is 0 Å². The highest BCUT2D eigenvalue weighted by Crippen LogP contribution is 2.08. The minimum absolute atomic E-state index is 0. The second-order valence-corrected chi connectivity index (χ2v) is 3.15. The standard InChI is InChI=1S/C11H18O.CH5N.H2/c1-9(2)11(4)7-6-10(3)8-12-5;1-2;/h6-7,9H,3-4,8H2,1-2,5H3;2H2,1H3;1H/b7-6-;;. The van der Waals surface area contributed by atoms with Crippen molar-refractivity contribution in [2.75, 3.05) is 20.8 Å². The summed E-state index contributed by atoms with van der Waals surface area (Å²) in [6, 6.07) is 0. The smallest absolute Gasteiger partial charge is 0.0707 e. The van der Waals surface area contributed by atoms with Gasteiger partial charge in [-0.15, -0.1) is 0 Å². The molecule has 0 amide bonds. The van der Waals surface area contributed by atoms with E-state index in [0.29, 0.717) is 12.5 Å². The molecule has 14 heavy (non-hydrogen) atoms. The molecule has 0 heterocycles. The quantitative estimate of drug-likeness (QED) is 0.691. The highest BCUT2D eigenvalue weighted by molar-refractivity contribution is 5.25. The Morgan fingerprint density at radius 3 is 2.21 bits per heavy atom. The SMILES string of the molecule is C=C(/C=C\C(=C)C(C)C)COC.CN.[HH]. The third-order valence-corrected chi connectivity index (χ3v) is 1.60. The van der Waals surface area contributed by atoms with E-state index < -0.39 is 0 Å². The monoisotopic (exact) mass is 199 g/mol. The summed E-state index contributed by atoms with van der Waals surface area (Å²) in [6.45, 7) is 12.6. The van der Waals surface area contributed by atoms with Crippen molar-refractivity contribution in [2.24, 2.45) is 11.7 Å². The van der Waals surface area contributed by atoms with Gasteiger partial charge >= 0.3 is 0 Å². The Balaban J connectivity index is -0.000000449. The van der Waals surface area contributed by atoms with Crippen LogP contribution in [0.5, 0.6) is 0 Å². The first-order valence-corrected chi connectivity index (χ1v) is 4.69. The first-order valence-electron chi connectivity index (χ1n) is 4.69. The Kier molecular flexibility index (Phi) is 11.4. The number of rotatable bonds is 5. The molecule has 0 aromatic heterocycles. The van der Waals surface area contributed by atoms with Gasteiger partial charge in [0.1, 0.15) is 0 Å². The molecule has 0 spiro atoms. The average molecular weight is 199 g/mol. The van der Waals surface area contributed by atoms with Crippen molar-refractivity contribution in [3.63, 3.8) is 0 Å². The van der Waals surface area contributed by atoms with E-state index in [9.17, 15) is 0 Å². The van der Waals surface area contributed by atoms with Crippen LogP contribution in [0.2, 0.25) is 0 Å². The van der Waals surface area contributed by atoms with Crippen LogP contribution in [0.4, 0.5) is 0 Å². The third kappa shape index (κ3) is 9.23.